The molecule has 5 heteroatoms. The molecule has 3 atom stereocenters. The average Bonchev–Trinajstić information content (AvgIpc) is 2.62. The molecule has 1 aliphatic carbocycles. The standard InChI is InChI=1S/C14H25N3O2/c1-10(11-3-2-4-12(15)9-11)14(19)17-7-5-13(18)16-6-8-17/h10-12H,2-9,15H2,1H3,(H,16,18). The molecule has 0 aromatic carbocycles. The molecule has 0 radical (unpaired) electrons. The summed E-state index contributed by atoms with van der Waals surface area (Å²) in [5.74, 6) is 0.668. The van der Waals surface area contributed by atoms with Gasteiger partial charge in [0.1, 0.15) is 0 Å². The molecule has 1 aliphatic heterocycles. The Bertz CT molecular complexity index is 346. The van der Waals surface area contributed by atoms with E-state index in [1.165, 1.54) is 0 Å². The van der Waals surface area contributed by atoms with Gasteiger partial charge in [0.25, 0.3) is 0 Å². The Morgan fingerprint density at radius 2 is 2.21 bits per heavy atom. The molecule has 3 N–H and O–H groups in total. The lowest BCUT2D eigenvalue weighted by atomic mass is 9.78. The molecule has 2 rings (SSSR count). The molecule has 108 valence electrons. The number of nitrogens with one attached hydrogen (secondary N) is 1. The van der Waals surface area contributed by atoms with Gasteiger partial charge in [-0.3, -0.25) is 9.59 Å². The first kappa shape index (κ1) is 14.3. The second kappa shape index (κ2) is 6.37. The number of hydrogen-bond acceptors (Lipinski definition) is 3. The minimum Gasteiger partial charge on any atom is -0.354 e. The van der Waals surface area contributed by atoms with Gasteiger partial charge in [-0.2, -0.15) is 0 Å². The SMILES string of the molecule is CC(C(=O)N1CCNC(=O)CC1)C1CCCC(N)C1. The van der Waals surface area contributed by atoms with Crippen molar-refractivity contribution in [1.29, 1.82) is 0 Å². The first-order chi connectivity index (χ1) is 9.08. The van der Waals surface area contributed by atoms with E-state index in [4.69, 9.17) is 5.73 Å². The number of amides is 2. The van der Waals surface area contributed by atoms with E-state index in [2.05, 4.69) is 5.32 Å². The Morgan fingerprint density at radius 3 is 2.95 bits per heavy atom. The predicted octanol–water partition coefficient (Wildman–Crippen LogP) is 0.489. The number of hydrogen-bond donors (Lipinski definition) is 2. The number of carbonyl (C=O) groups is 2. The van der Waals surface area contributed by atoms with E-state index in [0.29, 0.717) is 32.0 Å². The molecule has 2 amide bonds. The van der Waals surface area contributed by atoms with Crippen LogP contribution in [0.25, 0.3) is 0 Å². The van der Waals surface area contributed by atoms with Crippen LogP contribution >= 0.6 is 0 Å². The van der Waals surface area contributed by atoms with E-state index < -0.39 is 0 Å². The molecular formula is C14H25N3O2. The topological polar surface area (TPSA) is 75.4 Å². The Labute approximate surface area is 114 Å². The van der Waals surface area contributed by atoms with Crippen LogP contribution in [-0.2, 0) is 9.59 Å². The van der Waals surface area contributed by atoms with Crippen LogP contribution in [0, 0.1) is 11.8 Å². The van der Waals surface area contributed by atoms with Crippen molar-refractivity contribution in [3.8, 4) is 0 Å². The summed E-state index contributed by atoms with van der Waals surface area (Å²) in [5.41, 5.74) is 6.01. The molecule has 2 aliphatic rings. The highest BCUT2D eigenvalue weighted by atomic mass is 16.2. The highest BCUT2D eigenvalue weighted by Crippen LogP contribution is 2.30. The summed E-state index contributed by atoms with van der Waals surface area (Å²) >= 11 is 0. The van der Waals surface area contributed by atoms with Crippen molar-refractivity contribution in [3.05, 3.63) is 0 Å². The van der Waals surface area contributed by atoms with Crippen molar-refractivity contribution < 1.29 is 9.59 Å². The Morgan fingerprint density at radius 1 is 1.42 bits per heavy atom. The molecule has 1 saturated heterocycles. The molecule has 1 heterocycles. The Balaban J connectivity index is 1.92. The van der Waals surface area contributed by atoms with Crippen molar-refractivity contribution in [1.82, 2.24) is 10.2 Å². The summed E-state index contributed by atoms with van der Waals surface area (Å²) in [7, 11) is 0. The molecule has 0 spiro atoms. The van der Waals surface area contributed by atoms with Crippen molar-refractivity contribution in [2.24, 2.45) is 17.6 Å². The van der Waals surface area contributed by atoms with Gasteiger partial charge in [0.15, 0.2) is 0 Å². The van der Waals surface area contributed by atoms with Gasteiger partial charge < -0.3 is 16.0 Å². The fraction of sp³-hybridized carbons (Fsp3) is 0.857. The van der Waals surface area contributed by atoms with Gasteiger partial charge in [-0.25, -0.2) is 0 Å². The van der Waals surface area contributed by atoms with Crippen LogP contribution in [0.1, 0.15) is 39.0 Å². The minimum absolute atomic E-state index is 0.0274. The number of carbonyl (C=O) groups excluding carboxylic acids is 2. The van der Waals surface area contributed by atoms with Gasteiger partial charge in [-0.1, -0.05) is 13.3 Å². The van der Waals surface area contributed by atoms with E-state index in [1.807, 2.05) is 11.8 Å². The second-order valence-electron chi connectivity index (χ2n) is 5.90. The third kappa shape index (κ3) is 3.69. The van der Waals surface area contributed by atoms with Crippen molar-refractivity contribution in [2.75, 3.05) is 19.6 Å². The first-order valence-electron chi connectivity index (χ1n) is 7.39. The normalized spacial score (nSPS) is 30.4. The average molecular weight is 267 g/mol. The number of nitrogens with two attached hydrogens (primary N) is 1. The van der Waals surface area contributed by atoms with Crippen LogP contribution in [0.5, 0.6) is 0 Å². The van der Waals surface area contributed by atoms with E-state index in [9.17, 15) is 9.59 Å². The van der Waals surface area contributed by atoms with Gasteiger partial charge in [0.2, 0.25) is 11.8 Å². The van der Waals surface area contributed by atoms with Crippen molar-refractivity contribution in [2.45, 2.75) is 45.1 Å². The van der Waals surface area contributed by atoms with Crippen molar-refractivity contribution in [3.63, 3.8) is 0 Å². The zero-order chi connectivity index (χ0) is 13.8. The lowest BCUT2D eigenvalue weighted by Crippen LogP contribution is -2.42. The summed E-state index contributed by atoms with van der Waals surface area (Å²) in [6.45, 7) is 3.77. The highest BCUT2D eigenvalue weighted by Gasteiger charge is 2.31. The molecule has 1 saturated carbocycles. The summed E-state index contributed by atoms with van der Waals surface area (Å²) in [6.07, 6.45) is 4.69. The molecule has 5 nitrogen and oxygen atoms in total. The second-order valence-corrected chi connectivity index (χ2v) is 5.90. The van der Waals surface area contributed by atoms with E-state index >= 15 is 0 Å². The smallest absolute Gasteiger partial charge is 0.225 e. The molecule has 3 unspecified atom stereocenters. The van der Waals surface area contributed by atoms with Crippen LogP contribution in [0.4, 0.5) is 0 Å². The fourth-order valence-electron chi connectivity index (χ4n) is 3.20. The van der Waals surface area contributed by atoms with Gasteiger partial charge >= 0.3 is 0 Å². The summed E-state index contributed by atoms with van der Waals surface area (Å²) in [5, 5.41) is 2.80. The summed E-state index contributed by atoms with van der Waals surface area (Å²) in [4.78, 5) is 25.6. The van der Waals surface area contributed by atoms with Crippen LogP contribution in [0.15, 0.2) is 0 Å². The van der Waals surface area contributed by atoms with Crippen LogP contribution in [-0.4, -0.2) is 42.4 Å². The number of rotatable bonds is 2. The minimum atomic E-state index is 0.0274. The maximum absolute atomic E-state index is 12.5. The maximum Gasteiger partial charge on any atom is 0.225 e. The van der Waals surface area contributed by atoms with Gasteiger partial charge in [0, 0.05) is 38.0 Å². The third-order valence-electron chi connectivity index (χ3n) is 4.48. The van der Waals surface area contributed by atoms with Gasteiger partial charge in [0.05, 0.1) is 0 Å². The fourth-order valence-corrected chi connectivity index (χ4v) is 3.20. The molecule has 0 aromatic rings. The monoisotopic (exact) mass is 267 g/mol. The highest BCUT2D eigenvalue weighted by molar-refractivity contribution is 5.81. The molecule has 0 bridgehead atoms. The molecule has 2 fully saturated rings. The maximum atomic E-state index is 12.5. The predicted molar refractivity (Wildman–Crippen MR) is 73.3 cm³/mol. The summed E-state index contributed by atoms with van der Waals surface area (Å²) in [6, 6.07) is 0.251. The lowest BCUT2D eigenvalue weighted by Gasteiger charge is -2.33. The van der Waals surface area contributed by atoms with Crippen LogP contribution in [0.3, 0.4) is 0 Å². The van der Waals surface area contributed by atoms with E-state index in [-0.39, 0.29) is 23.8 Å². The molecular weight excluding hydrogens is 242 g/mol. The van der Waals surface area contributed by atoms with Gasteiger partial charge in [-0.05, 0) is 25.2 Å². The Hall–Kier alpha value is -1.10. The number of nitrogens with zero attached hydrogens (tertiary/aromatic N) is 1. The van der Waals surface area contributed by atoms with Crippen molar-refractivity contribution >= 4 is 11.8 Å². The van der Waals surface area contributed by atoms with E-state index in [1.54, 1.807) is 0 Å². The summed E-state index contributed by atoms with van der Waals surface area (Å²) < 4.78 is 0. The van der Waals surface area contributed by atoms with E-state index in [0.717, 1.165) is 25.7 Å². The third-order valence-corrected chi connectivity index (χ3v) is 4.48. The molecule has 0 aromatic heterocycles. The Kier molecular flexibility index (Phi) is 4.80. The lowest BCUT2D eigenvalue weighted by molar-refractivity contribution is -0.137. The first-order valence-corrected chi connectivity index (χ1v) is 7.39. The largest absolute Gasteiger partial charge is 0.354 e. The zero-order valence-corrected chi connectivity index (χ0v) is 11.7. The van der Waals surface area contributed by atoms with Crippen LogP contribution in [0.2, 0.25) is 0 Å². The quantitative estimate of drug-likeness (QED) is 0.764. The van der Waals surface area contributed by atoms with Crippen LogP contribution < -0.4 is 11.1 Å². The zero-order valence-electron chi connectivity index (χ0n) is 11.7. The molecule has 19 heavy (non-hydrogen) atoms. The van der Waals surface area contributed by atoms with Gasteiger partial charge in [-0.15, -0.1) is 0 Å².